The lowest BCUT2D eigenvalue weighted by molar-refractivity contribution is 0.481. The fourth-order valence-corrected chi connectivity index (χ4v) is 8.31. The van der Waals surface area contributed by atoms with Gasteiger partial charge in [-0.2, -0.15) is 0 Å². The number of benzene rings is 6. The zero-order chi connectivity index (χ0) is 34.5. The molecule has 0 N–H and O–H groups in total. The van der Waals surface area contributed by atoms with Crippen molar-refractivity contribution >= 4 is 10.8 Å². The van der Waals surface area contributed by atoms with Crippen molar-refractivity contribution in [1.29, 1.82) is 0 Å². The first kappa shape index (κ1) is 30.7. The van der Waals surface area contributed by atoms with E-state index in [4.69, 9.17) is 14.7 Å². The maximum absolute atomic E-state index is 6.90. The van der Waals surface area contributed by atoms with Crippen molar-refractivity contribution in [2.24, 2.45) is 0 Å². The molecule has 0 amide bonds. The Balaban J connectivity index is 1.21. The first-order chi connectivity index (χ1) is 25.0. The standard InChI is InChI=1S/C48H36N2O/c1-31-23-32(2)47(33(3)24-31)37-25-36(45-28-34-13-4-5-14-35(34)30-50-45)26-40(27-37)51-39-16-12-15-38(29-39)48(46-21-10-11-22-49-46)43-19-8-6-17-41(43)42-18-7-9-20-44(42)48/h4-30H,1-3H3. The highest BCUT2D eigenvalue weighted by atomic mass is 16.5. The van der Waals surface area contributed by atoms with Crippen LogP contribution in [0.3, 0.4) is 0 Å². The lowest BCUT2D eigenvalue weighted by Crippen LogP contribution is -2.29. The van der Waals surface area contributed by atoms with Crippen molar-refractivity contribution < 1.29 is 4.74 Å². The van der Waals surface area contributed by atoms with E-state index in [2.05, 4.69) is 154 Å². The molecule has 0 aliphatic heterocycles. The van der Waals surface area contributed by atoms with Gasteiger partial charge in [-0.15, -0.1) is 0 Å². The molecule has 244 valence electrons. The summed E-state index contributed by atoms with van der Waals surface area (Å²) in [6.45, 7) is 6.53. The van der Waals surface area contributed by atoms with E-state index in [1.165, 1.54) is 44.5 Å². The van der Waals surface area contributed by atoms with Crippen LogP contribution in [-0.2, 0) is 5.41 Å². The molecule has 0 fully saturated rings. The number of ether oxygens (including phenoxy) is 1. The SMILES string of the molecule is Cc1cc(C)c(-c2cc(Oc3cccc(C4(c5ccccn5)c5ccccc5-c5ccccc54)c3)cc(-c3cc4ccccc4cn3)c2)c(C)c1. The van der Waals surface area contributed by atoms with Crippen molar-refractivity contribution in [2.45, 2.75) is 26.2 Å². The van der Waals surface area contributed by atoms with Crippen LogP contribution >= 0.6 is 0 Å². The molecule has 0 bridgehead atoms. The van der Waals surface area contributed by atoms with Crippen LogP contribution in [0.15, 0.2) is 164 Å². The minimum atomic E-state index is -0.605. The quantitative estimate of drug-likeness (QED) is 0.179. The predicted octanol–water partition coefficient (Wildman–Crippen LogP) is 12.0. The Kier molecular flexibility index (Phi) is 7.36. The van der Waals surface area contributed by atoms with Gasteiger partial charge < -0.3 is 4.74 Å². The van der Waals surface area contributed by atoms with Gasteiger partial charge in [0.1, 0.15) is 11.5 Å². The highest BCUT2D eigenvalue weighted by molar-refractivity contribution is 5.87. The Morgan fingerprint density at radius 3 is 1.90 bits per heavy atom. The number of nitrogens with zero attached hydrogens (tertiary/aromatic N) is 2. The largest absolute Gasteiger partial charge is 0.457 e. The molecule has 3 heteroatoms. The molecule has 0 unspecified atom stereocenters. The van der Waals surface area contributed by atoms with Crippen molar-refractivity contribution in [1.82, 2.24) is 9.97 Å². The molecule has 9 rings (SSSR count). The van der Waals surface area contributed by atoms with Crippen LogP contribution in [0.4, 0.5) is 0 Å². The van der Waals surface area contributed by atoms with Crippen LogP contribution in [0.5, 0.6) is 11.5 Å². The fourth-order valence-electron chi connectivity index (χ4n) is 8.31. The summed E-state index contributed by atoms with van der Waals surface area (Å²) < 4.78 is 6.90. The van der Waals surface area contributed by atoms with Gasteiger partial charge in [-0.05, 0) is 125 Å². The molecule has 0 saturated heterocycles. The monoisotopic (exact) mass is 656 g/mol. The van der Waals surface area contributed by atoms with Crippen LogP contribution in [0.25, 0.3) is 44.3 Å². The number of pyridine rings is 2. The predicted molar refractivity (Wildman–Crippen MR) is 208 cm³/mol. The molecule has 3 nitrogen and oxygen atoms in total. The Labute approximate surface area is 298 Å². The molecule has 6 aromatic carbocycles. The van der Waals surface area contributed by atoms with Crippen LogP contribution in [0.2, 0.25) is 0 Å². The van der Waals surface area contributed by atoms with Crippen molar-refractivity contribution in [3.8, 4) is 45.0 Å². The summed E-state index contributed by atoms with van der Waals surface area (Å²) in [7, 11) is 0. The van der Waals surface area contributed by atoms with Gasteiger partial charge in [-0.3, -0.25) is 9.97 Å². The van der Waals surface area contributed by atoms with Crippen molar-refractivity contribution in [3.63, 3.8) is 0 Å². The molecular formula is C48H36N2O. The first-order valence-corrected chi connectivity index (χ1v) is 17.5. The number of rotatable bonds is 6. The van der Waals surface area contributed by atoms with Gasteiger partial charge in [0.2, 0.25) is 0 Å². The third-order valence-electron chi connectivity index (χ3n) is 10.3. The average Bonchev–Trinajstić information content (AvgIpc) is 3.46. The first-order valence-electron chi connectivity index (χ1n) is 17.5. The maximum Gasteiger partial charge on any atom is 0.128 e. The van der Waals surface area contributed by atoms with Crippen molar-refractivity contribution in [2.75, 3.05) is 0 Å². The van der Waals surface area contributed by atoms with Crippen molar-refractivity contribution in [3.05, 3.63) is 203 Å². The molecule has 51 heavy (non-hydrogen) atoms. The second kappa shape index (κ2) is 12.2. The normalized spacial score (nSPS) is 12.8. The topological polar surface area (TPSA) is 35.0 Å². The number of hydrogen-bond donors (Lipinski definition) is 0. The summed E-state index contributed by atoms with van der Waals surface area (Å²) in [6, 6.07) is 53.7. The minimum absolute atomic E-state index is 0.605. The van der Waals surface area contributed by atoms with Gasteiger partial charge in [0.15, 0.2) is 0 Å². The van der Waals surface area contributed by atoms with Crippen LogP contribution in [-0.4, -0.2) is 9.97 Å². The van der Waals surface area contributed by atoms with E-state index in [0.717, 1.165) is 50.3 Å². The Morgan fingerprint density at radius 2 is 1.18 bits per heavy atom. The van der Waals surface area contributed by atoms with E-state index in [-0.39, 0.29) is 0 Å². The molecule has 1 aliphatic carbocycles. The van der Waals surface area contributed by atoms with Gasteiger partial charge in [-0.1, -0.05) is 109 Å². The summed E-state index contributed by atoms with van der Waals surface area (Å²) >= 11 is 0. The Hall–Kier alpha value is -6.32. The molecule has 2 heterocycles. The summed E-state index contributed by atoms with van der Waals surface area (Å²) in [6.07, 6.45) is 3.85. The summed E-state index contributed by atoms with van der Waals surface area (Å²) in [5.41, 5.74) is 14.4. The molecule has 0 atom stereocenters. The van der Waals surface area contributed by atoms with E-state index in [9.17, 15) is 0 Å². The van der Waals surface area contributed by atoms with Gasteiger partial charge in [0, 0.05) is 23.3 Å². The molecule has 8 aromatic rings. The summed E-state index contributed by atoms with van der Waals surface area (Å²) in [5, 5.41) is 2.27. The number of aryl methyl sites for hydroxylation is 3. The molecular weight excluding hydrogens is 621 g/mol. The van der Waals surface area contributed by atoms with E-state index in [1.54, 1.807) is 0 Å². The van der Waals surface area contributed by atoms with Crippen LogP contribution in [0.1, 0.15) is 39.1 Å². The number of hydrogen-bond acceptors (Lipinski definition) is 3. The maximum atomic E-state index is 6.90. The third kappa shape index (κ3) is 5.13. The molecule has 0 spiro atoms. The van der Waals surface area contributed by atoms with E-state index >= 15 is 0 Å². The zero-order valence-corrected chi connectivity index (χ0v) is 28.9. The second-order valence-corrected chi connectivity index (χ2v) is 13.6. The lowest BCUT2D eigenvalue weighted by Gasteiger charge is -2.32. The van der Waals surface area contributed by atoms with E-state index in [1.807, 2.05) is 30.6 Å². The van der Waals surface area contributed by atoms with Gasteiger partial charge in [0.25, 0.3) is 0 Å². The average molecular weight is 657 g/mol. The highest BCUT2D eigenvalue weighted by Crippen LogP contribution is 2.55. The number of aromatic nitrogens is 2. The Bertz CT molecular complexity index is 2540. The molecule has 1 aliphatic rings. The highest BCUT2D eigenvalue weighted by Gasteiger charge is 2.47. The smallest absolute Gasteiger partial charge is 0.128 e. The van der Waals surface area contributed by atoms with Crippen LogP contribution in [0, 0.1) is 20.8 Å². The Morgan fingerprint density at radius 1 is 0.510 bits per heavy atom. The summed E-state index contributed by atoms with van der Waals surface area (Å²) in [4.78, 5) is 9.92. The number of fused-ring (bicyclic) bond motifs is 4. The lowest BCUT2D eigenvalue weighted by atomic mass is 9.70. The van der Waals surface area contributed by atoms with E-state index < -0.39 is 5.41 Å². The van der Waals surface area contributed by atoms with Gasteiger partial charge >= 0.3 is 0 Å². The van der Waals surface area contributed by atoms with Gasteiger partial charge in [0.05, 0.1) is 16.8 Å². The van der Waals surface area contributed by atoms with Crippen LogP contribution < -0.4 is 4.74 Å². The minimum Gasteiger partial charge on any atom is -0.457 e. The molecule has 2 aromatic heterocycles. The van der Waals surface area contributed by atoms with Gasteiger partial charge in [-0.25, -0.2) is 0 Å². The fraction of sp³-hybridized carbons (Fsp3) is 0.0833. The molecule has 0 saturated carbocycles. The second-order valence-electron chi connectivity index (χ2n) is 13.6. The molecule has 0 radical (unpaired) electrons. The van der Waals surface area contributed by atoms with E-state index in [0.29, 0.717) is 0 Å². The summed E-state index contributed by atoms with van der Waals surface area (Å²) in [5.74, 6) is 1.52. The zero-order valence-electron chi connectivity index (χ0n) is 28.9. The third-order valence-corrected chi connectivity index (χ3v) is 10.3.